The van der Waals surface area contributed by atoms with E-state index in [4.69, 9.17) is 4.74 Å². The van der Waals surface area contributed by atoms with Crippen LogP contribution in [0.5, 0.6) is 0 Å². The van der Waals surface area contributed by atoms with Gasteiger partial charge in [0.25, 0.3) is 0 Å². The van der Waals surface area contributed by atoms with Crippen LogP contribution in [0.3, 0.4) is 0 Å². The lowest BCUT2D eigenvalue weighted by Crippen LogP contribution is -2.37. The molecule has 0 aliphatic rings. The van der Waals surface area contributed by atoms with Crippen molar-refractivity contribution in [3.63, 3.8) is 0 Å². The molecule has 0 saturated heterocycles. The van der Waals surface area contributed by atoms with E-state index in [1.54, 1.807) is 11.8 Å². The molecule has 0 aliphatic carbocycles. The highest BCUT2D eigenvalue weighted by molar-refractivity contribution is 8.01. The molecule has 0 bridgehead atoms. The van der Waals surface area contributed by atoms with E-state index in [0.29, 0.717) is 12.3 Å². The van der Waals surface area contributed by atoms with Crippen molar-refractivity contribution in [2.45, 2.75) is 49.3 Å². The average Bonchev–Trinajstić information content (AvgIpc) is 2.99. The van der Waals surface area contributed by atoms with E-state index >= 15 is 0 Å². The fraction of sp³-hybridized carbons (Fsp3) is 0.306. The van der Waals surface area contributed by atoms with Crippen LogP contribution >= 0.6 is 11.8 Å². The third-order valence-electron chi connectivity index (χ3n) is 7.43. The summed E-state index contributed by atoms with van der Waals surface area (Å²) in [4.78, 5) is 16.4. The average molecular weight is 552 g/mol. The van der Waals surface area contributed by atoms with Crippen LogP contribution in [0.2, 0.25) is 0 Å². The standard InChI is InChI=1S/C36H41NO2S/c1-27(2)26-33(35(38)39-34(28(3)37(4)5)29-18-10-6-11-19-29)40-36(30-20-12-7-13-21-30,31-22-14-8-15-23-31)32-24-16-9-17-25-32/h6-25,27-28,33-34H,26H2,1-5H3/t28-,33+,34+/m0/s1. The molecule has 4 aromatic carbocycles. The Morgan fingerprint density at radius 1 is 0.700 bits per heavy atom. The van der Waals surface area contributed by atoms with E-state index in [9.17, 15) is 4.79 Å². The normalized spacial score (nSPS) is 14.1. The predicted molar refractivity (Wildman–Crippen MR) is 168 cm³/mol. The molecular weight excluding hydrogens is 510 g/mol. The largest absolute Gasteiger partial charge is 0.455 e. The summed E-state index contributed by atoms with van der Waals surface area (Å²) in [6.45, 7) is 6.46. The van der Waals surface area contributed by atoms with Gasteiger partial charge in [0.2, 0.25) is 0 Å². The molecular formula is C36H41NO2S. The number of hydrogen-bond acceptors (Lipinski definition) is 4. The first-order valence-corrected chi connectivity index (χ1v) is 15.0. The van der Waals surface area contributed by atoms with Crippen LogP contribution in [-0.2, 0) is 14.3 Å². The van der Waals surface area contributed by atoms with E-state index in [2.05, 4.69) is 98.5 Å². The molecule has 0 spiro atoms. The zero-order chi connectivity index (χ0) is 28.5. The van der Waals surface area contributed by atoms with Crippen molar-refractivity contribution in [2.75, 3.05) is 14.1 Å². The van der Waals surface area contributed by atoms with Crippen molar-refractivity contribution >= 4 is 17.7 Å². The summed E-state index contributed by atoms with van der Waals surface area (Å²) in [5, 5.41) is -0.388. The van der Waals surface area contributed by atoms with Gasteiger partial charge in [-0.25, -0.2) is 0 Å². The minimum absolute atomic E-state index is 0.0122. The Morgan fingerprint density at radius 3 is 1.48 bits per heavy atom. The molecule has 4 rings (SSSR count). The highest BCUT2D eigenvalue weighted by atomic mass is 32.2. The Kier molecular flexibility index (Phi) is 10.2. The second-order valence-electron chi connectivity index (χ2n) is 11.0. The Morgan fingerprint density at radius 2 is 1.10 bits per heavy atom. The summed E-state index contributed by atoms with van der Waals surface area (Å²) in [6.07, 6.45) is 0.328. The number of benzene rings is 4. The van der Waals surface area contributed by atoms with Gasteiger partial charge in [-0.3, -0.25) is 4.79 Å². The number of esters is 1. The first kappa shape index (κ1) is 29.6. The maximum atomic E-state index is 14.3. The maximum absolute atomic E-state index is 14.3. The van der Waals surface area contributed by atoms with Crippen LogP contribution in [0.15, 0.2) is 121 Å². The molecule has 0 saturated carbocycles. The van der Waals surface area contributed by atoms with Crippen LogP contribution in [0.25, 0.3) is 0 Å². The zero-order valence-electron chi connectivity index (χ0n) is 24.2. The molecule has 0 fully saturated rings. The van der Waals surface area contributed by atoms with Gasteiger partial charge >= 0.3 is 5.97 Å². The Bertz CT molecular complexity index is 1210. The van der Waals surface area contributed by atoms with E-state index in [0.717, 1.165) is 22.3 Å². The van der Waals surface area contributed by atoms with Gasteiger partial charge in [-0.1, -0.05) is 135 Å². The van der Waals surface area contributed by atoms with Gasteiger partial charge in [-0.15, -0.1) is 11.8 Å². The van der Waals surface area contributed by atoms with Crippen LogP contribution in [0, 0.1) is 5.92 Å². The van der Waals surface area contributed by atoms with E-state index in [1.165, 1.54) is 0 Å². The smallest absolute Gasteiger partial charge is 0.319 e. The van der Waals surface area contributed by atoms with Gasteiger partial charge in [0, 0.05) is 6.04 Å². The monoisotopic (exact) mass is 551 g/mol. The number of hydrogen-bond donors (Lipinski definition) is 0. The molecule has 0 heterocycles. The van der Waals surface area contributed by atoms with Crippen molar-refractivity contribution in [3.8, 4) is 0 Å². The molecule has 4 heteroatoms. The van der Waals surface area contributed by atoms with Gasteiger partial charge in [0.05, 0.1) is 4.75 Å². The van der Waals surface area contributed by atoms with Gasteiger partial charge in [-0.2, -0.15) is 0 Å². The summed E-state index contributed by atoms with van der Waals surface area (Å²) in [7, 11) is 4.06. The Labute approximate surface area is 244 Å². The molecule has 0 aliphatic heterocycles. The topological polar surface area (TPSA) is 29.5 Å². The quantitative estimate of drug-likeness (QED) is 0.131. The first-order chi connectivity index (χ1) is 19.3. The number of carbonyl (C=O) groups excluding carboxylic acids is 1. The van der Waals surface area contributed by atoms with Crippen molar-refractivity contribution < 1.29 is 9.53 Å². The first-order valence-electron chi connectivity index (χ1n) is 14.1. The summed E-state index contributed by atoms with van der Waals surface area (Å²) in [6, 6.07) is 41.8. The minimum atomic E-state index is -0.599. The second kappa shape index (κ2) is 13.8. The summed E-state index contributed by atoms with van der Waals surface area (Å²) < 4.78 is 5.88. The van der Waals surface area contributed by atoms with Crippen LogP contribution in [0.1, 0.15) is 55.5 Å². The molecule has 208 valence electrons. The number of likely N-dealkylation sites (N-methyl/N-ethyl adjacent to an activating group) is 1. The van der Waals surface area contributed by atoms with Crippen molar-refractivity contribution in [1.29, 1.82) is 0 Å². The van der Waals surface area contributed by atoms with Gasteiger partial charge in [-0.05, 0) is 55.6 Å². The Hall–Kier alpha value is -3.34. The van der Waals surface area contributed by atoms with Gasteiger partial charge in [0.15, 0.2) is 0 Å². The molecule has 4 aromatic rings. The summed E-state index contributed by atoms with van der Waals surface area (Å²) in [5.74, 6) is 0.139. The Balaban J connectivity index is 1.82. The molecule has 3 nitrogen and oxygen atoms in total. The van der Waals surface area contributed by atoms with Crippen LogP contribution in [0.4, 0.5) is 0 Å². The molecule has 40 heavy (non-hydrogen) atoms. The second-order valence-corrected chi connectivity index (χ2v) is 12.4. The number of carbonyl (C=O) groups is 1. The number of nitrogens with zero attached hydrogens (tertiary/aromatic N) is 1. The molecule has 3 atom stereocenters. The summed E-state index contributed by atoms with van der Waals surface area (Å²) >= 11 is 1.70. The lowest BCUT2D eigenvalue weighted by molar-refractivity contribution is -0.152. The van der Waals surface area contributed by atoms with E-state index in [1.807, 2.05) is 62.6 Å². The molecule has 0 amide bonds. The molecule has 0 N–H and O–H groups in total. The number of rotatable bonds is 12. The lowest BCUT2D eigenvalue weighted by atomic mass is 9.84. The number of thioether (sulfide) groups is 1. The number of ether oxygens (including phenoxy) is 1. The fourth-order valence-electron chi connectivity index (χ4n) is 5.12. The highest BCUT2D eigenvalue weighted by Gasteiger charge is 2.42. The van der Waals surface area contributed by atoms with Crippen LogP contribution in [-0.4, -0.2) is 36.3 Å². The predicted octanol–water partition coefficient (Wildman–Crippen LogP) is 8.36. The molecule has 0 unspecified atom stereocenters. The molecule has 0 aromatic heterocycles. The fourth-order valence-corrected chi connectivity index (χ4v) is 6.99. The molecule has 0 radical (unpaired) electrons. The van der Waals surface area contributed by atoms with Crippen LogP contribution < -0.4 is 0 Å². The highest BCUT2D eigenvalue weighted by Crippen LogP contribution is 2.51. The van der Waals surface area contributed by atoms with E-state index in [-0.39, 0.29) is 23.4 Å². The SMILES string of the molecule is CC(C)C[C@@H](SC(c1ccccc1)(c1ccccc1)c1ccccc1)C(=O)O[C@@H](c1ccccc1)[C@H](C)N(C)C. The van der Waals surface area contributed by atoms with Gasteiger partial charge in [0.1, 0.15) is 11.4 Å². The lowest BCUT2D eigenvalue weighted by Gasteiger charge is -2.38. The third-order valence-corrected chi connectivity index (χ3v) is 9.16. The minimum Gasteiger partial charge on any atom is -0.455 e. The zero-order valence-corrected chi connectivity index (χ0v) is 25.1. The van der Waals surface area contributed by atoms with E-state index < -0.39 is 4.75 Å². The van der Waals surface area contributed by atoms with Gasteiger partial charge < -0.3 is 9.64 Å². The van der Waals surface area contributed by atoms with Crippen molar-refractivity contribution in [2.24, 2.45) is 5.92 Å². The van der Waals surface area contributed by atoms with Crippen molar-refractivity contribution in [3.05, 3.63) is 144 Å². The maximum Gasteiger partial charge on any atom is 0.319 e. The van der Waals surface area contributed by atoms with Crippen molar-refractivity contribution in [1.82, 2.24) is 4.90 Å². The third kappa shape index (κ3) is 6.86. The summed E-state index contributed by atoms with van der Waals surface area (Å²) in [5.41, 5.74) is 4.42.